The van der Waals surface area contributed by atoms with Crippen molar-refractivity contribution in [1.82, 2.24) is 16.0 Å². The molecule has 34 heavy (non-hydrogen) atoms. The van der Waals surface area contributed by atoms with Crippen molar-refractivity contribution >= 4 is 42.2 Å². The number of amides is 4. The van der Waals surface area contributed by atoms with Crippen LogP contribution in [0, 0.1) is 5.92 Å². The summed E-state index contributed by atoms with van der Waals surface area (Å²) in [6.45, 7) is 3.82. The van der Waals surface area contributed by atoms with Gasteiger partial charge in [-0.05, 0) is 17.9 Å². The molecule has 0 spiro atoms. The quantitative estimate of drug-likeness (QED) is 0.160. The molecule has 1 rings (SSSR count). The summed E-state index contributed by atoms with van der Waals surface area (Å²) in [4.78, 5) is 60.7. The van der Waals surface area contributed by atoms with E-state index < -0.39 is 60.2 Å². The number of hydrogen-bond acceptors (Lipinski definition) is 7. The van der Waals surface area contributed by atoms with Crippen LogP contribution in [0.1, 0.15) is 32.3 Å². The Kier molecular flexibility index (Phi) is 12.1. The molecule has 11 nitrogen and oxygen atoms in total. The fourth-order valence-corrected chi connectivity index (χ4v) is 3.35. The van der Waals surface area contributed by atoms with Crippen molar-refractivity contribution in [2.24, 2.45) is 17.4 Å². The van der Waals surface area contributed by atoms with Gasteiger partial charge in [0.05, 0.1) is 12.5 Å². The predicted octanol–water partition coefficient (Wildman–Crippen LogP) is -1.05. The predicted molar refractivity (Wildman–Crippen MR) is 129 cm³/mol. The van der Waals surface area contributed by atoms with Crippen LogP contribution in [0.2, 0.25) is 0 Å². The van der Waals surface area contributed by atoms with Gasteiger partial charge in [0.1, 0.15) is 18.1 Å². The van der Waals surface area contributed by atoms with Crippen molar-refractivity contribution in [3.05, 3.63) is 35.9 Å². The number of hydrogen-bond donors (Lipinski definition) is 7. The van der Waals surface area contributed by atoms with Crippen molar-refractivity contribution in [1.29, 1.82) is 0 Å². The Labute approximate surface area is 203 Å². The third kappa shape index (κ3) is 10.2. The number of carbonyl (C=O) groups excluding carboxylic acids is 4. The maximum Gasteiger partial charge on any atom is 0.326 e. The third-order valence-electron chi connectivity index (χ3n) is 4.81. The number of rotatable bonds is 14. The number of carboxylic acid groups (broad SMARTS) is 1. The monoisotopic (exact) mass is 495 g/mol. The van der Waals surface area contributed by atoms with E-state index in [2.05, 4.69) is 28.6 Å². The lowest BCUT2D eigenvalue weighted by Gasteiger charge is -2.24. The number of carboxylic acids is 1. The molecule has 8 N–H and O–H groups in total. The number of primary amides is 1. The second kappa shape index (κ2) is 14.2. The molecule has 0 aliphatic heterocycles. The number of thiol groups is 1. The molecule has 1 aromatic carbocycles. The lowest BCUT2D eigenvalue weighted by Crippen LogP contribution is -2.58. The third-order valence-corrected chi connectivity index (χ3v) is 5.18. The van der Waals surface area contributed by atoms with Crippen LogP contribution in [0.25, 0.3) is 0 Å². The minimum absolute atomic E-state index is 0.0292. The number of nitrogens with one attached hydrogen (secondary N) is 3. The molecule has 0 radical (unpaired) electrons. The number of carbonyl (C=O) groups is 5. The van der Waals surface area contributed by atoms with Gasteiger partial charge in [-0.3, -0.25) is 19.2 Å². The zero-order valence-electron chi connectivity index (χ0n) is 19.2. The van der Waals surface area contributed by atoms with E-state index in [4.69, 9.17) is 11.5 Å². The molecule has 0 saturated carbocycles. The molecule has 0 aliphatic carbocycles. The van der Waals surface area contributed by atoms with E-state index in [1.807, 2.05) is 13.8 Å². The molecule has 4 unspecified atom stereocenters. The zero-order valence-corrected chi connectivity index (χ0v) is 20.1. The lowest BCUT2D eigenvalue weighted by atomic mass is 10.0. The van der Waals surface area contributed by atoms with Gasteiger partial charge in [-0.25, -0.2) is 4.79 Å². The molecule has 1 aromatic rings. The van der Waals surface area contributed by atoms with Crippen LogP contribution >= 0.6 is 12.6 Å². The van der Waals surface area contributed by atoms with E-state index in [9.17, 15) is 29.1 Å². The minimum atomic E-state index is -1.56. The molecule has 0 saturated heterocycles. The van der Waals surface area contributed by atoms with Crippen LogP contribution in [0.4, 0.5) is 0 Å². The van der Waals surface area contributed by atoms with Crippen molar-refractivity contribution in [3.8, 4) is 0 Å². The fraction of sp³-hybridized carbons (Fsp3) is 0.500. The molecule has 4 atom stereocenters. The van der Waals surface area contributed by atoms with E-state index in [0.29, 0.717) is 12.0 Å². The van der Waals surface area contributed by atoms with E-state index in [1.54, 1.807) is 30.3 Å². The Morgan fingerprint density at radius 1 is 0.912 bits per heavy atom. The fourth-order valence-electron chi connectivity index (χ4n) is 3.09. The summed E-state index contributed by atoms with van der Waals surface area (Å²) < 4.78 is 0. The smallest absolute Gasteiger partial charge is 0.326 e. The van der Waals surface area contributed by atoms with Gasteiger partial charge in [0.15, 0.2) is 0 Å². The number of nitrogens with two attached hydrogens (primary N) is 2. The Morgan fingerprint density at radius 3 is 1.94 bits per heavy atom. The van der Waals surface area contributed by atoms with Crippen molar-refractivity contribution in [3.63, 3.8) is 0 Å². The average Bonchev–Trinajstić information content (AvgIpc) is 2.75. The van der Waals surface area contributed by atoms with Crippen LogP contribution in [-0.2, 0) is 30.4 Å². The highest BCUT2D eigenvalue weighted by atomic mass is 32.1. The van der Waals surface area contributed by atoms with Gasteiger partial charge in [0.25, 0.3) is 0 Å². The molecule has 0 heterocycles. The molecule has 0 aliphatic rings. The van der Waals surface area contributed by atoms with E-state index >= 15 is 0 Å². The van der Waals surface area contributed by atoms with Gasteiger partial charge in [-0.1, -0.05) is 44.2 Å². The first-order chi connectivity index (χ1) is 15.9. The molecular weight excluding hydrogens is 462 g/mol. The van der Waals surface area contributed by atoms with Crippen LogP contribution < -0.4 is 27.4 Å². The van der Waals surface area contributed by atoms with Crippen molar-refractivity contribution in [2.75, 3.05) is 5.75 Å². The maximum atomic E-state index is 12.9. The van der Waals surface area contributed by atoms with E-state index in [1.165, 1.54) is 0 Å². The van der Waals surface area contributed by atoms with E-state index in [0.717, 1.165) is 0 Å². The lowest BCUT2D eigenvalue weighted by molar-refractivity contribution is -0.143. The molecule has 0 fully saturated rings. The highest BCUT2D eigenvalue weighted by Gasteiger charge is 2.30. The molecule has 12 heteroatoms. The van der Waals surface area contributed by atoms with Crippen LogP contribution in [-0.4, -0.2) is 64.6 Å². The topological polar surface area (TPSA) is 194 Å². The standard InChI is InChI=1S/C22H33N5O6S/c1-12(2)8-14(23)19(29)27-17(11-34)21(31)25-15(9-13-6-4-3-5-7-13)20(30)26-16(22(32)33)10-18(24)28/h3-7,12,14-17,34H,8-11,23H2,1-2H3,(H2,24,28)(H,25,31)(H,26,30)(H,27,29)(H,32,33). The van der Waals surface area contributed by atoms with E-state index in [-0.39, 0.29) is 18.1 Å². The van der Waals surface area contributed by atoms with Crippen molar-refractivity contribution in [2.45, 2.75) is 57.3 Å². The normalized spacial score (nSPS) is 14.4. The highest BCUT2D eigenvalue weighted by molar-refractivity contribution is 7.80. The summed E-state index contributed by atoms with van der Waals surface area (Å²) in [6.07, 6.45) is -0.167. The number of aliphatic carboxylic acids is 1. The summed E-state index contributed by atoms with van der Waals surface area (Å²) in [5, 5.41) is 16.6. The summed E-state index contributed by atoms with van der Waals surface area (Å²) in [7, 11) is 0. The number of benzene rings is 1. The van der Waals surface area contributed by atoms with Gasteiger partial charge in [-0.15, -0.1) is 0 Å². The molecule has 188 valence electrons. The Hall–Kier alpha value is -3.12. The largest absolute Gasteiger partial charge is 0.480 e. The molecule has 0 bridgehead atoms. The average molecular weight is 496 g/mol. The summed E-state index contributed by atoms with van der Waals surface area (Å²) >= 11 is 4.12. The summed E-state index contributed by atoms with van der Waals surface area (Å²) in [5.41, 5.74) is 11.6. The van der Waals surface area contributed by atoms with Crippen molar-refractivity contribution < 1.29 is 29.1 Å². The first kappa shape index (κ1) is 28.9. The summed E-state index contributed by atoms with van der Waals surface area (Å²) in [6, 6.07) is 4.06. The first-order valence-electron chi connectivity index (χ1n) is 10.8. The highest BCUT2D eigenvalue weighted by Crippen LogP contribution is 2.07. The second-order valence-corrected chi connectivity index (χ2v) is 8.67. The zero-order chi connectivity index (χ0) is 25.8. The van der Waals surface area contributed by atoms with Gasteiger partial charge >= 0.3 is 5.97 Å². The Bertz CT molecular complexity index is 867. The van der Waals surface area contributed by atoms with Crippen LogP contribution in [0.3, 0.4) is 0 Å². The minimum Gasteiger partial charge on any atom is -0.480 e. The second-order valence-electron chi connectivity index (χ2n) is 8.30. The Morgan fingerprint density at radius 2 is 1.44 bits per heavy atom. The van der Waals surface area contributed by atoms with Gasteiger partial charge in [0.2, 0.25) is 23.6 Å². The SMILES string of the molecule is CC(C)CC(N)C(=O)NC(CS)C(=O)NC(Cc1ccccc1)C(=O)NC(CC(N)=O)C(=O)O. The molecular formula is C22H33N5O6S. The van der Waals surface area contributed by atoms with Crippen LogP contribution in [0.15, 0.2) is 30.3 Å². The van der Waals surface area contributed by atoms with Gasteiger partial charge < -0.3 is 32.5 Å². The van der Waals surface area contributed by atoms with Gasteiger partial charge in [-0.2, -0.15) is 12.6 Å². The Balaban J connectivity index is 3.01. The molecule has 4 amide bonds. The molecule has 0 aromatic heterocycles. The first-order valence-corrected chi connectivity index (χ1v) is 11.4. The summed E-state index contributed by atoms with van der Waals surface area (Å²) in [5.74, 6) is -4.30. The van der Waals surface area contributed by atoms with Gasteiger partial charge in [0, 0.05) is 12.2 Å². The van der Waals surface area contributed by atoms with Crippen LogP contribution in [0.5, 0.6) is 0 Å². The maximum absolute atomic E-state index is 12.9.